The van der Waals surface area contributed by atoms with Gasteiger partial charge in [-0.15, -0.1) is 11.3 Å². The minimum absolute atomic E-state index is 0.131. The smallest absolute Gasteiger partial charge is 0.248 e. The van der Waals surface area contributed by atoms with Gasteiger partial charge in [-0.05, 0) is 73.7 Å². The molecule has 6 nitrogen and oxygen atoms in total. The SMILES string of the molecule is CC(C)Oc1ccc(NC(=NCc2cccc(C(N)=O)c2)NCCc2cccs2)cc1. The van der Waals surface area contributed by atoms with Crippen molar-refractivity contribution in [3.05, 3.63) is 82.0 Å². The van der Waals surface area contributed by atoms with E-state index in [2.05, 4.69) is 28.1 Å². The van der Waals surface area contributed by atoms with Crippen molar-refractivity contribution in [1.29, 1.82) is 0 Å². The Balaban J connectivity index is 1.69. The van der Waals surface area contributed by atoms with Gasteiger partial charge in [0.15, 0.2) is 5.96 Å². The molecule has 1 amide bonds. The Labute approximate surface area is 187 Å². The van der Waals surface area contributed by atoms with Crippen LogP contribution in [0.5, 0.6) is 5.75 Å². The summed E-state index contributed by atoms with van der Waals surface area (Å²) in [5.41, 5.74) is 7.69. The van der Waals surface area contributed by atoms with Crippen molar-refractivity contribution in [2.24, 2.45) is 10.7 Å². The number of primary amides is 1. The number of rotatable bonds is 9. The van der Waals surface area contributed by atoms with Crippen molar-refractivity contribution in [2.75, 3.05) is 11.9 Å². The molecular weight excluding hydrogens is 408 g/mol. The Morgan fingerprint density at radius 3 is 2.61 bits per heavy atom. The predicted molar refractivity (Wildman–Crippen MR) is 128 cm³/mol. The van der Waals surface area contributed by atoms with E-state index in [-0.39, 0.29) is 6.10 Å². The zero-order valence-electron chi connectivity index (χ0n) is 17.8. The fourth-order valence-electron chi connectivity index (χ4n) is 2.92. The number of benzene rings is 2. The van der Waals surface area contributed by atoms with E-state index in [0.717, 1.165) is 30.0 Å². The number of ether oxygens (including phenoxy) is 1. The number of aliphatic imine (C=N–C) groups is 1. The fourth-order valence-corrected chi connectivity index (χ4v) is 3.63. The van der Waals surface area contributed by atoms with E-state index in [9.17, 15) is 4.79 Å². The lowest BCUT2D eigenvalue weighted by Crippen LogP contribution is -2.32. The minimum atomic E-state index is -0.443. The molecule has 1 aromatic heterocycles. The van der Waals surface area contributed by atoms with Gasteiger partial charge in [-0.3, -0.25) is 4.79 Å². The van der Waals surface area contributed by atoms with Gasteiger partial charge < -0.3 is 21.1 Å². The van der Waals surface area contributed by atoms with Crippen LogP contribution in [0.4, 0.5) is 5.69 Å². The van der Waals surface area contributed by atoms with E-state index < -0.39 is 5.91 Å². The van der Waals surface area contributed by atoms with Gasteiger partial charge in [-0.25, -0.2) is 4.99 Å². The van der Waals surface area contributed by atoms with Gasteiger partial charge in [0.2, 0.25) is 5.91 Å². The molecule has 3 aromatic rings. The third-order valence-electron chi connectivity index (χ3n) is 4.36. The normalized spacial score (nSPS) is 11.4. The summed E-state index contributed by atoms with van der Waals surface area (Å²) in [6.07, 6.45) is 1.04. The molecule has 0 unspecified atom stereocenters. The van der Waals surface area contributed by atoms with Crippen LogP contribution in [-0.2, 0) is 13.0 Å². The van der Waals surface area contributed by atoms with Gasteiger partial charge in [0.1, 0.15) is 5.75 Å². The van der Waals surface area contributed by atoms with Gasteiger partial charge >= 0.3 is 0 Å². The Morgan fingerprint density at radius 2 is 1.94 bits per heavy atom. The first kappa shape index (κ1) is 22.4. The Hall–Kier alpha value is -3.32. The van der Waals surface area contributed by atoms with Gasteiger partial charge in [0, 0.05) is 22.7 Å². The van der Waals surface area contributed by atoms with E-state index in [1.807, 2.05) is 50.2 Å². The molecule has 0 spiro atoms. The maximum Gasteiger partial charge on any atom is 0.248 e. The van der Waals surface area contributed by atoms with Crippen LogP contribution in [0, 0.1) is 0 Å². The van der Waals surface area contributed by atoms with Crippen molar-refractivity contribution >= 4 is 28.9 Å². The predicted octanol–water partition coefficient (Wildman–Crippen LogP) is 4.43. The first-order valence-electron chi connectivity index (χ1n) is 10.2. The van der Waals surface area contributed by atoms with E-state index in [1.54, 1.807) is 23.5 Å². The number of guanidine groups is 1. The number of nitrogens with one attached hydrogen (secondary N) is 2. The third kappa shape index (κ3) is 7.46. The van der Waals surface area contributed by atoms with Crippen LogP contribution in [-0.4, -0.2) is 24.5 Å². The quantitative estimate of drug-likeness (QED) is 0.342. The molecule has 0 radical (unpaired) electrons. The minimum Gasteiger partial charge on any atom is -0.491 e. The van der Waals surface area contributed by atoms with Crippen molar-refractivity contribution < 1.29 is 9.53 Å². The second-order valence-corrected chi connectivity index (χ2v) is 8.33. The molecule has 3 rings (SSSR count). The monoisotopic (exact) mass is 436 g/mol. The molecule has 0 aliphatic rings. The summed E-state index contributed by atoms with van der Waals surface area (Å²) in [4.78, 5) is 17.4. The lowest BCUT2D eigenvalue weighted by Gasteiger charge is -2.14. The van der Waals surface area contributed by atoms with Gasteiger partial charge in [0.25, 0.3) is 0 Å². The van der Waals surface area contributed by atoms with E-state index >= 15 is 0 Å². The molecule has 0 aliphatic carbocycles. The van der Waals surface area contributed by atoms with Crippen LogP contribution < -0.4 is 21.1 Å². The summed E-state index contributed by atoms with van der Waals surface area (Å²) in [5.74, 6) is 1.05. The van der Waals surface area contributed by atoms with Crippen molar-refractivity contribution in [1.82, 2.24) is 5.32 Å². The molecule has 0 aliphatic heterocycles. The number of nitrogens with zero attached hydrogens (tertiary/aromatic N) is 1. The Kier molecular flexibility index (Phi) is 8.06. The van der Waals surface area contributed by atoms with Crippen molar-refractivity contribution in [3.8, 4) is 5.75 Å². The third-order valence-corrected chi connectivity index (χ3v) is 5.30. The topological polar surface area (TPSA) is 88.7 Å². The zero-order valence-corrected chi connectivity index (χ0v) is 18.6. The average Bonchev–Trinajstić information content (AvgIpc) is 3.26. The van der Waals surface area contributed by atoms with Crippen molar-refractivity contribution in [2.45, 2.75) is 32.9 Å². The number of hydrogen-bond acceptors (Lipinski definition) is 4. The molecule has 0 saturated carbocycles. The lowest BCUT2D eigenvalue weighted by atomic mass is 10.1. The maximum atomic E-state index is 11.4. The number of amides is 1. The number of nitrogens with two attached hydrogens (primary N) is 1. The number of carbonyl (C=O) groups excluding carboxylic acids is 1. The average molecular weight is 437 g/mol. The molecular formula is C24H28N4O2S. The van der Waals surface area contributed by atoms with Gasteiger partial charge in [-0.1, -0.05) is 18.2 Å². The highest BCUT2D eigenvalue weighted by Gasteiger charge is 2.05. The first-order chi connectivity index (χ1) is 15.0. The molecule has 2 aromatic carbocycles. The van der Waals surface area contributed by atoms with E-state index in [1.165, 1.54) is 4.88 Å². The number of hydrogen-bond donors (Lipinski definition) is 3. The highest BCUT2D eigenvalue weighted by Crippen LogP contribution is 2.17. The molecule has 0 bridgehead atoms. The van der Waals surface area contributed by atoms with Crippen LogP contribution in [0.25, 0.3) is 0 Å². The number of carbonyl (C=O) groups is 1. The van der Waals surface area contributed by atoms with Crippen molar-refractivity contribution in [3.63, 3.8) is 0 Å². The summed E-state index contributed by atoms with van der Waals surface area (Å²) in [6.45, 7) is 5.18. The summed E-state index contributed by atoms with van der Waals surface area (Å²) in [6, 6.07) is 19.2. The van der Waals surface area contributed by atoms with Crippen LogP contribution >= 0.6 is 11.3 Å². The summed E-state index contributed by atoms with van der Waals surface area (Å²) < 4.78 is 5.71. The maximum absolute atomic E-state index is 11.4. The standard InChI is InChI=1S/C24H28N4O2S/c1-17(2)30-21-10-8-20(9-11-21)28-24(26-13-12-22-7-4-14-31-22)27-16-18-5-3-6-19(15-18)23(25)29/h3-11,14-15,17H,12-13,16H2,1-2H3,(H2,25,29)(H2,26,27,28). The molecule has 7 heteroatoms. The van der Waals surface area contributed by atoms with Crippen LogP contribution in [0.1, 0.15) is 34.6 Å². The highest BCUT2D eigenvalue weighted by atomic mass is 32.1. The highest BCUT2D eigenvalue weighted by molar-refractivity contribution is 7.09. The Morgan fingerprint density at radius 1 is 1.13 bits per heavy atom. The van der Waals surface area contributed by atoms with Gasteiger partial charge in [-0.2, -0.15) is 0 Å². The number of anilines is 1. The summed E-state index contributed by atoms with van der Waals surface area (Å²) in [7, 11) is 0. The Bertz CT molecular complexity index is 999. The second-order valence-electron chi connectivity index (χ2n) is 7.30. The summed E-state index contributed by atoms with van der Waals surface area (Å²) in [5, 5.41) is 8.80. The zero-order chi connectivity index (χ0) is 22.1. The second kappa shape index (κ2) is 11.2. The van der Waals surface area contributed by atoms with Crippen LogP contribution in [0.2, 0.25) is 0 Å². The van der Waals surface area contributed by atoms with Gasteiger partial charge in [0.05, 0.1) is 12.6 Å². The molecule has 31 heavy (non-hydrogen) atoms. The van der Waals surface area contributed by atoms with Crippen LogP contribution in [0.3, 0.4) is 0 Å². The largest absolute Gasteiger partial charge is 0.491 e. The van der Waals surface area contributed by atoms with E-state index in [4.69, 9.17) is 15.5 Å². The van der Waals surface area contributed by atoms with E-state index in [0.29, 0.717) is 18.1 Å². The fraction of sp³-hybridized carbons (Fsp3) is 0.250. The molecule has 0 atom stereocenters. The molecule has 162 valence electrons. The molecule has 1 heterocycles. The molecule has 0 saturated heterocycles. The first-order valence-corrected chi connectivity index (χ1v) is 11.1. The lowest BCUT2D eigenvalue weighted by molar-refractivity contribution is 0.1000. The number of thiophene rings is 1. The van der Waals surface area contributed by atoms with Crippen LogP contribution in [0.15, 0.2) is 71.0 Å². The molecule has 0 fully saturated rings. The summed E-state index contributed by atoms with van der Waals surface area (Å²) >= 11 is 1.74. The molecule has 4 N–H and O–H groups in total.